The monoisotopic (exact) mass is 310 g/mol. The van der Waals surface area contributed by atoms with Gasteiger partial charge in [-0.1, -0.05) is 12.1 Å². The van der Waals surface area contributed by atoms with Crippen LogP contribution in [0.5, 0.6) is 0 Å². The zero-order valence-corrected chi connectivity index (χ0v) is 12.3. The third-order valence-electron chi connectivity index (χ3n) is 4.00. The number of anilines is 1. The Balaban J connectivity index is 1.78. The van der Waals surface area contributed by atoms with Crippen molar-refractivity contribution >= 4 is 21.7 Å². The summed E-state index contributed by atoms with van der Waals surface area (Å²) in [5.41, 5.74) is -0.279. The lowest BCUT2D eigenvalue weighted by Crippen LogP contribution is -2.28. The smallest absolute Gasteiger partial charge is 0.311 e. The van der Waals surface area contributed by atoms with Gasteiger partial charge in [0.25, 0.3) is 0 Å². The van der Waals surface area contributed by atoms with E-state index in [-0.39, 0.29) is 17.5 Å². The first-order chi connectivity index (χ1) is 9.93. The van der Waals surface area contributed by atoms with E-state index in [1.54, 1.807) is 18.2 Å². The summed E-state index contributed by atoms with van der Waals surface area (Å²) in [4.78, 5) is 11.3. The van der Waals surface area contributed by atoms with Crippen LogP contribution < -0.4 is 10.0 Å². The van der Waals surface area contributed by atoms with Gasteiger partial charge in [0.2, 0.25) is 10.0 Å². The topological polar surface area (TPSA) is 95.5 Å². The number of carboxylic acid groups (broad SMARTS) is 1. The number of benzene rings is 1. The van der Waals surface area contributed by atoms with Gasteiger partial charge in [-0.3, -0.25) is 4.79 Å². The number of sulfonamides is 1. The third-order valence-corrected chi connectivity index (χ3v) is 5.58. The average Bonchev–Trinajstić information content (AvgIpc) is 3.32. The molecular weight excluding hydrogens is 292 g/mol. The molecule has 2 saturated carbocycles. The first-order valence-electron chi connectivity index (χ1n) is 7.02. The Morgan fingerprint density at radius 3 is 2.52 bits per heavy atom. The molecule has 0 saturated heterocycles. The minimum Gasteiger partial charge on any atom is -0.481 e. The first-order valence-corrected chi connectivity index (χ1v) is 8.50. The van der Waals surface area contributed by atoms with Crippen molar-refractivity contribution in [1.29, 1.82) is 0 Å². The fourth-order valence-corrected chi connectivity index (χ4v) is 3.70. The molecule has 21 heavy (non-hydrogen) atoms. The number of hydrogen-bond donors (Lipinski definition) is 3. The van der Waals surface area contributed by atoms with Crippen molar-refractivity contribution < 1.29 is 18.3 Å². The van der Waals surface area contributed by atoms with E-state index in [2.05, 4.69) is 10.0 Å². The summed E-state index contributed by atoms with van der Waals surface area (Å²) in [6, 6.07) is 6.64. The van der Waals surface area contributed by atoms with Crippen molar-refractivity contribution in [2.75, 3.05) is 11.9 Å². The van der Waals surface area contributed by atoms with Crippen LogP contribution in [0, 0.1) is 5.41 Å². The molecule has 114 valence electrons. The van der Waals surface area contributed by atoms with Gasteiger partial charge in [0, 0.05) is 12.6 Å². The fraction of sp³-hybridized carbons (Fsp3) is 0.500. The molecule has 0 heterocycles. The zero-order valence-electron chi connectivity index (χ0n) is 11.5. The van der Waals surface area contributed by atoms with Crippen LogP contribution in [0.2, 0.25) is 0 Å². The van der Waals surface area contributed by atoms with Gasteiger partial charge in [-0.2, -0.15) is 0 Å². The number of carbonyl (C=O) groups is 1. The van der Waals surface area contributed by atoms with Gasteiger partial charge in [-0.05, 0) is 37.8 Å². The molecular formula is C14H18N2O4S. The van der Waals surface area contributed by atoms with Crippen LogP contribution in [0.15, 0.2) is 29.2 Å². The number of rotatable bonds is 7. The fourth-order valence-electron chi connectivity index (χ4n) is 2.21. The molecule has 0 atom stereocenters. The van der Waals surface area contributed by atoms with E-state index in [0.717, 1.165) is 12.8 Å². The van der Waals surface area contributed by atoms with Gasteiger partial charge in [0.1, 0.15) is 4.90 Å². The van der Waals surface area contributed by atoms with Gasteiger partial charge < -0.3 is 10.4 Å². The quantitative estimate of drug-likeness (QED) is 0.707. The largest absolute Gasteiger partial charge is 0.481 e. The van der Waals surface area contributed by atoms with Crippen molar-refractivity contribution in [2.24, 2.45) is 5.41 Å². The van der Waals surface area contributed by atoms with Crippen LogP contribution in [-0.4, -0.2) is 32.1 Å². The van der Waals surface area contributed by atoms with Gasteiger partial charge in [-0.25, -0.2) is 13.1 Å². The lowest BCUT2D eigenvalue weighted by atomic mass is 10.1. The van der Waals surface area contributed by atoms with Crippen molar-refractivity contribution in [3.8, 4) is 0 Å². The average molecular weight is 310 g/mol. The molecule has 3 N–H and O–H groups in total. The second-order valence-electron chi connectivity index (χ2n) is 5.83. The van der Waals surface area contributed by atoms with Crippen molar-refractivity contribution in [1.82, 2.24) is 4.72 Å². The molecule has 0 aliphatic heterocycles. The predicted octanol–water partition coefficient (Wildman–Crippen LogP) is 1.40. The molecule has 0 spiro atoms. The highest BCUT2D eigenvalue weighted by molar-refractivity contribution is 7.89. The summed E-state index contributed by atoms with van der Waals surface area (Å²) in [5.74, 6) is -0.827. The molecule has 2 fully saturated rings. The van der Waals surface area contributed by atoms with E-state index in [0.29, 0.717) is 18.5 Å². The second kappa shape index (κ2) is 4.99. The second-order valence-corrected chi connectivity index (χ2v) is 7.51. The molecule has 2 aliphatic rings. The Hall–Kier alpha value is -1.60. The van der Waals surface area contributed by atoms with E-state index < -0.39 is 21.4 Å². The molecule has 2 aliphatic carbocycles. The van der Waals surface area contributed by atoms with Crippen molar-refractivity contribution in [3.63, 3.8) is 0 Å². The van der Waals surface area contributed by atoms with Gasteiger partial charge in [-0.15, -0.1) is 0 Å². The highest BCUT2D eigenvalue weighted by Crippen LogP contribution is 2.46. The first kappa shape index (κ1) is 14.3. The molecule has 1 aromatic carbocycles. The summed E-state index contributed by atoms with van der Waals surface area (Å²) in [7, 11) is -3.56. The van der Waals surface area contributed by atoms with Crippen LogP contribution in [0.25, 0.3) is 0 Å². The highest BCUT2D eigenvalue weighted by atomic mass is 32.2. The lowest BCUT2D eigenvalue weighted by Gasteiger charge is -2.16. The van der Waals surface area contributed by atoms with Gasteiger partial charge in [0.15, 0.2) is 0 Å². The van der Waals surface area contributed by atoms with Crippen LogP contribution >= 0.6 is 0 Å². The molecule has 1 aromatic rings. The minimum absolute atomic E-state index is 0.0388. The van der Waals surface area contributed by atoms with Crippen LogP contribution in [-0.2, 0) is 14.8 Å². The minimum atomic E-state index is -3.56. The van der Waals surface area contributed by atoms with E-state index >= 15 is 0 Å². The van der Waals surface area contributed by atoms with Crippen LogP contribution in [0.4, 0.5) is 5.69 Å². The maximum Gasteiger partial charge on any atom is 0.311 e. The predicted molar refractivity (Wildman–Crippen MR) is 77.6 cm³/mol. The van der Waals surface area contributed by atoms with Gasteiger partial charge in [0.05, 0.1) is 11.1 Å². The van der Waals surface area contributed by atoms with Crippen LogP contribution in [0.1, 0.15) is 25.7 Å². The summed E-state index contributed by atoms with van der Waals surface area (Å²) >= 11 is 0. The maximum atomic E-state index is 12.3. The Morgan fingerprint density at radius 1 is 1.29 bits per heavy atom. The highest BCUT2D eigenvalue weighted by Gasteiger charge is 2.50. The van der Waals surface area contributed by atoms with E-state index in [1.807, 2.05) is 0 Å². The number of hydrogen-bond acceptors (Lipinski definition) is 4. The van der Waals surface area contributed by atoms with E-state index in [4.69, 9.17) is 5.11 Å². The molecule has 0 aromatic heterocycles. The maximum absolute atomic E-state index is 12.3. The Kier molecular flexibility index (Phi) is 3.41. The Bertz CT molecular complexity index is 663. The molecule has 0 amide bonds. The summed E-state index contributed by atoms with van der Waals surface area (Å²) in [6.45, 7) is 0.248. The lowest BCUT2D eigenvalue weighted by molar-refractivity contribution is -0.142. The molecule has 6 nitrogen and oxygen atoms in total. The standard InChI is InChI=1S/C14H18N2O4S/c17-13(18)14(7-8-14)9-15-11-3-1-2-4-12(11)21(19,20)16-10-5-6-10/h1-4,10,15-16H,5-9H2,(H,17,18). The summed E-state index contributed by atoms with van der Waals surface area (Å²) < 4.78 is 27.3. The van der Waals surface area contributed by atoms with E-state index in [1.165, 1.54) is 6.07 Å². The van der Waals surface area contributed by atoms with Crippen LogP contribution in [0.3, 0.4) is 0 Å². The summed E-state index contributed by atoms with van der Waals surface area (Å²) in [5, 5.41) is 12.2. The Labute approximate surface area is 123 Å². The molecule has 0 unspecified atom stereocenters. The Morgan fingerprint density at radius 2 is 1.95 bits per heavy atom. The summed E-state index contributed by atoms with van der Waals surface area (Å²) in [6.07, 6.45) is 3.00. The molecule has 0 bridgehead atoms. The van der Waals surface area contributed by atoms with Gasteiger partial charge >= 0.3 is 5.97 Å². The molecule has 7 heteroatoms. The van der Waals surface area contributed by atoms with E-state index in [9.17, 15) is 13.2 Å². The normalized spacial score (nSPS) is 20.0. The number of nitrogens with one attached hydrogen (secondary N) is 2. The number of para-hydroxylation sites is 1. The zero-order chi connectivity index (χ0) is 15.1. The number of carboxylic acids is 1. The third kappa shape index (κ3) is 3.03. The van der Waals surface area contributed by atoms with Crippen molar-refractivity contribution in [3.05, 3.63) is 24.3 Å². The molecule has 3 rings (SSSR count). The van der Waals surface area contributed by atoms with Crippen molar-refractivity contribution in [2.45, 2.75) is 36.6 Å². The molecule has 0 radical (unpaired) electrons. The SMILES string of the molecule is O=C(O)C1(CNc2ccccc2S(=O)(=O)NC2CC2)CC1. The number of aliphatic carboxylic acids is 1.